The molecule has 1 fully saturated rings. The van der Waals surface area contributed by atoms with Crippen molar-refractivity contribution in [3.8, 4) is 0 Å². The van der Waals surface area contributed by atoms with E-state index in [1.54, 1.807) is 0 Å². The van der Waals surface area contributed by atoms with Gasteiger partial charge in [0.05, 0.1) is 12.7 Å². The van der Waals surface area contributed by atoms with Crippen molar-refractivity contribution in [2.75, 3.05) is 18.5 Å². The van der Waals surface area contributed by atoms with Gasteiger partial charge in [0.15, 0.2) is 0 Å². The molecule has 0 heterocycles. The fraction of sp³-hybridized carbons (Fsp3) is 0.533. The normalized spacial score (nSPS) is 24.9. The molecule has 0 amide bonds. The highest BCUT2D eigenvalue weighted by molar-refractivity contribution is 9.10. The fourth-order valence-corrected chi connectivity index (χ4v) is 2.73. The minimum Gasteiger partial charge on any atom is -0.464 e. The van der Waals surface area contributed by atoms with Crippen molar-refractivity contribution in [3.05, 3.63) is 28.7 Å². The second-order valence-electron chi connectivity index (χ2n) is 4.92. The number of carbonyl (C=O) groups is 1. The van der Waals surface area contributed by atoms with Gasteiger partial charge in [-0.25, -0.2) is 4.79 Å². The van der Waals surface area contributed by atoms with Gasteiger partial charge in [0.1, 0.15) is 5.54 Å². The van der Waals surface area contributed by atoms with Crippen molar-refractivity contribution < 1.29 is 14.3 Å². The summed E-state index contributed by atoms with van der Waals surface area (Å²) in [7, 11) is 0. The maximum Gasteiger partial charge on any atom is 0.331 e. The van der Waals surface area contributed by atoms with Crippen LogP contribution in [0.3, 0.4) is 0 Å². The third kappa shape index (κ3) is 3.33. The molecule has 110 valence electrons. The first-order valence-corrected chi connectivity index (χ1v) is 7.71. The lowest BCUT2D eigenvalue weighted by Crippen LogP contribution is -2.60. The molecule has 1 aliphatic rings. The van der Waals surface area contributed by atoms with E-state index in [-0.39, 0.29) is 12.1 Å². The summed E-state index contributed by atoms with van der Waals surface area (Å²) in [5.74, 6) is -0.195. The molecule has 0 saturated heterocycles. The largest absolute Gasteiger partial charge is 0.464 e. The summed E-state index contributed by atoms with van der Waals surface area (Å²) in [5, 5.41) is 3.32. The quantitative estimate of drug-likeness (QED) is 0.806. The molecule has 4 nitrogen and oxygen atoms in total. The lowest BCUT2D eigenvalue weighted by atomic mass is 9.74. The van der Waals surface area contributed by atoms with E-state index in [1.165, 1.54) is 0 Å². The van der Waals surface area contributed by atoms with E-state index >= 15 is 0 Å². The number of benzene rings is 1. The van der Waals surface area contributed by atoms with E-state index < -0.39 is 5.54 Å². The standard InChI is InChI=1S/C15H20BrNO3/c1-3-19-13-9-15(10-13,14(18)20-4-2)17-12-7-5-11(16)6-8-12/h5-8,13,17H,3-4,9-10H2,1-2H3. The molecule has 0 atom stereocenters. The Kier molecular flexibility index (Phi) is 5.05. The summed E-state index contributed by atoms with van der Waals surface area (Å²) in [6.07, 6.45) is 1.43. The Balaban J connectivity index is 2.08. The zero-order valence-electron chi connectivity index (χ0n) is 11.8. The number of rotatable bonds is 6. The summed E-state index contributed by atoms with van der Waals surface area (Å²) in [6, 6.07) is 7.78. The second kappa shape index (κ2) is 6.59. The highest BCUT2D eigenvalue weighted by Gasteiger charge is 2.52. The smallest absolute Gasteiger partial charge is 0.331 e. The van der Waals surface area contributed by atoms with E-state index in [4.69, 9.17) is 9.47 Å². The number of nitrogens with one attached hydrogen (secondary N) is 1. The Morgan fingerprint density at radius 2 is 1.95 bits per heavy atom. The summed E-state index contributed by atoms with van der Waals surface area (Å²) in [4.78, 5) is 12.2. The van der Waals surface area contributed by atoms with Crippen LogP contribution in [0.5, 0.6) is 0 Å². The van der Waals surface area contributed by atoms with Crippen LogP contribution in [0, 0.1) is 0 Å². The van der Waals surface area contributed by atoms with Crippen LogP contribution in [0.1, 0.15) is 26.7 Å². The van der Waals surface area contributed by atoms with Gasteiger partial charge in [-0.1, -0.05) is 15.9 Å². The number of carbonyl (C=O) groups excluding carboxylic acids is 1. The van der Waals surface area contributed by atoms with Crippen LogP contribution in [0.25, 0.3) is 0 Å². The third-order valence-electron chi connectivity index (χ3n) is 3.45. The maximum absolute atomic E-state index is 12.2. The van der Waals surface area contributed by atoms with Gasteiger partial charge in [-0.15, -0.1) is 0 Å². The maximum atomic E-state index is 12.2. The van der Waals surface area contributed by atoms with Crippen LogP contribution in [-0.2, 0) is 14.3 Å². The molecule has 0 aliphatic heterocycles. The number of hydrogen-bond acceptors (Lipinski definition) is 4. The van der Waals surface area contributed by atoms with Crippen LogP contribution in [0.2, 0.25) is 0 Å². The molecular formula is C15H20BrNO3. The molecule has 0 unspecified atom stereocenters. The minimum absolute atomic E-state index is 0.132. The van der Waals surface area contributed by atoms with E-state index in [1.807, 2.05) is 38.1 Å². The zero-order valence-corrected chi connectivity index (χ0v) is 13.4. The summed E-state index contributed by atoms with van der Waals surface area (Å²) in [6.45, 7) is 4.85. The first kappa shape index (κ1) is 15.3. The fourth-order valence-electron chi connectivity index (χ4n) is 2.47. The molecule has 2 rings (SSSR count). The molecule has 20 heavy (non-hydrogen) atoms. The van der Waals surface area contributed by atoms with Gasteiger partial charge in [-0.2, -0.15) is 0 Å². The Bertz CT molecular complexity index is 455. The summed E-state index contributed by atoms with van der Waals surface area (Å²) >= 11 is 3.40. The monoisotopic (exact) mass is 341 g/mol. The van der Waals surface area contributed by atoms with Gasteiger partial charge in [0.25, 0.3) is 0 Å². The molecule has 0 bridgehead atoms. The van der Waals surface area contributed by atoms with Crippen LogP contribution < -0.4 is 5.32 Å². The molecule has 1 N–H and O–H groups in total. The summed E-state index contributed by atoms with van der Waals surface area (Å²) < 4.78 is 11.8. The molecule has 1 aliphatic carbocycles. The number of halogens is 1. The molecule has 1 aromatic rings. The van der Waals surface area contributed by atoms with E-state index in [2.05, 4.69) is 21.2 Å². The Morgan fingerprint density at radius 3 is 2.50 bits per heavy atom. The zero-order chi connectivity index (χ0) is 14.6. The molecule has 0 radical (unpaired) electrons. The predicted molar refractivity (Wildman–Crippen MR) is 81.8 cm³/mol. The van der Waals surface area contributed by atoms with E-state index in [9.17, 15) is 4.79 Å². The third-order valence-corrected chi connectivity index (χ3v) is 3.98. The average Bonchev–Trinajstić information content (AvgIpc) is 2.39. The molecular weight excluding hydrogens is 322 g/mol. The van der Waals surface area contributed by atoms with Gasteiger partial charge in [-0.05, 0) is 38.1 Å². The van der Waals surface area contributed by atoms with Crippen molar-refractivity contribution >= 4 is 27.6 Å². The number of anilines is 1. The number of esters is 1. The van der Waals surface area contributed by atoms with Gasteiger partial charge in [0, 0.05) is 29.6 Å². The predicted octanol–water partition coefficient (Wildman–Crippen LogP) is 3.36. The molecule has 1 aromatic carbocycles. The first-order valence-electron chi connectivity index (χ1n) is 6.92. The Morgan fingerprint density at radius 1 is 1.30 bits per heavy atom. The van der Waals surface area contributed by atoms with Crippen LogP contribution in [0.15, 0.2) is 28.7 Å². The van der Waals surface area contributed by atoms with E-state index in [0.717, 1.165) is 10.2 Å². The molecule has 0 spiro atoms. The molecule has 1 saturated carbocycles. The van der Waals surface area contributed by atoms with Gasteiger partial charge >= 0.3 is 5.97 Å². The lowest BCUT2D eigenvalue weighted by molar-refractivity contribution is -0.158. The molecule has 0 aromatic heterocycles. The molecule has 5 heteroatoms. The van der Waals surface area contributed by atoms with Gasteiger partial charge < -0.3 is 14.8 Å². The van der Waals surface area contributed by atoms with Gasteiger partial charge in [0.2, 0.25) is 0 Å². The van der Waals surface area contributed by atoms with Crippen LogP contribution in [0.4, 0.5) is 5.69 Å². The topological polar surface area (TPSA) is 47.6 Å². The Hall–Kier alpha value is -1.07. The van der Waals surface area contributed by atoms with Crippen LogP contribution in [-0.4, -0.2) is 30.8 Å². The SMILES string of the molecule is CCOC(=O)C1(Nc2ccc(Br)cc2)CC(OCC)C1. The second-order valence-corrected chi connectivity index (χ2v) is 5.84. The van der Waals surface area contributed by atoms with Crippen molar-refractivity contribution in [1.82, 2.24) is 0 Å². The van der Waals surface area contributed by atoms with Crippen molar-refractivity contribution in [2.45, 2.75) is 38.3 Å². The number of hydrogen-bond donors (Lipinski definition) is 1. The van der Waals surface area contributed by atoms with Gasteiger partial charge in [-0.3, -0.25) is 0 Å². The number of ether oxygens (including phenoxy) is 2. The van der Waals surface area contributed by atoms with Crippen molar-refractivity contribution in [3.63, 3.8) is 0 Å². The highest BCUT2D eigenvalue weighted by atomic mass is 79.9. The Labute approximate surface area is 128 Å². The summed E-state index contributed by atoms with van der Waals surface area (Å²) in [5.41, 5.74) is 0.264. The van der Waals surface area contributed by atoms with Crippen molar-refractivity contribution in [2.24, 2.45) is 0 Å². The van der Waals surface area contributed by atoms with Crippen molar-refractivity contribution in [1.29, 1.82) is 0 Å². The lowest BCUT2D eigenvalue weighted by Gasteiger charge is -2.45. The minimum atomic E-state index is -0.649. The van der Waals surface area contributed by atoms with Crippen LogP contribution >= 0.6 is 15.9 Å². The first-order chi connectivity index (χ1) is 9.59. The highest BCUT2D eigenvalue weighted by Crippen LogP contribution is 2.39. The van der Waals surface area contributed by atoms with E-state index in [0.29, 0.717) is 26.1 Å². The average molecular weight is 342 g/mol.